The molecule has 0 fully saturated rings. The topological polar surface area (TPSA) is 83.3 Å². The lowest BCUT2D eigenvalue weighted by Crippen LogP contribution is -2.38. The van der Waals surface area contributed by atoms with E-state index in [1.807, 2.05) is 24.3 Å². The van der Waals surface area contributed by atoms with Gasteiger partial charge in [-0.1, -0.05) is 35.5 Å². The van der Waals surface area contributed by atoms with Gasteiger partial charge in [0.25, 0.3) is 5.91 Å². The molecular formula is C19H18ClN3O3S. The van der Waals surface area contributed by atoms with Gasteiger partial charge < -0.3 is 9.64 Å². The first kappa shape index (κ1) is 20.7. The fourth-order valence-corrected chi connectivity index (χ4v) is 3.32. The van der Waals surface area contributed by atoms with E-state index in [2.05, 4.69) is 4.98 Å². The van der Waals surface area contributed by atoms with Crippen LogP contribution in [0.1, 0.15) is 23.7 Å². The van der Waals surface area contributed by atoms with Gasteiger partial charge in [0.1, 0.15) is 5.03 Å². The summed E-state index contributed by atoms with van der Waals surface area (Å²) in [5.74, 6) is -1.02. The van der Waals surface area contributed by atoms with Crippen LogP contribution in [0.5, 0.6) is 0 Å². The van der Waals surface area contributed by atoms with Crippen molar-refractivity contribution < 1.29 is 14.3 Å². The number of esters is 1. The number of nitrogens with zero attached hydrogens (tertiary/aromatic N) is 3. The van der Waals surface area contributed by atoms with E-state index in [4.69, 9.17) is 21.6 Å². The van der Waals surface area contributed by atoms with E-state index >= 15 is 0 Å². The van der Waals surface area contributed by atoms with Crippen LogP contribution in [0.25, 0.3) is 0 Å². The van der Waals surface area contributed by atoms with Gasteiger partial charge in [-0.05, 0) is 31.2 Å². The molecule has 0 N–H and O–H groups in total. The Morgan fingerprint density at radius 2 is 2.07 bits per heavy atom. The maximum Gasteiger partial charge on any atom is 0.341 e. The summed E-state index contributed by atoms with van der Waals surface area (Å²) in [5, 5.41) is 9.60. The Hall–Kier alpha value is -2.56. The van der Waals surface area contributed by atoms with Crippen molar-refractivity contribution in [3.63, 3.8) is 0 Å². The zero-order valence-electron chi connectivity index (χ0n) is 14.9. The van der Waals surface area contributed by atoms with Crippen LogP contribution in [0.4, 0.5) is 0 Å². The number of carbonyl (C=O) groups is 2. The molecule has 0 spiro atoms. The Morgan fingerprint density at radius 1 is 1.33 bits per heavy atom. The van der Waals surface area contributed by atoms with Crippen LogP contribution in [0.2, 0.25) is 5.02 Å². The molecule has 8 heteroatoms. The van der Waals surface area contributed by atoms with Crippen LogP contribution in [0, 0.1) is 11.3 Å². The molecule has 0 saturated carbocycles. The largest absolute Gasteiger partial charge is 0.449 e. The Bertz CT molecular complexity index is 869. The van der Waals surface area contributed by atoms with E-state index in [-0.39, 0.29) is 24.4 Å². The third-order valence-electron chi connectivity index (χ3n) is 3.60. The highest BCUT2D eigenvalue weighted by Crippen LogP contribution is 2.33. The quantitative estimate of drug-likeness (QED) is 0.654. The minimum Gasteiger partial charge on any atom is -0.449 e. The molecule has 2 aromatic rings. The van der Waals surface area contributed by atoms with Crippen LogP contribution in [0.3, 0.4) is 0 Å². The third-order valence-corrected chi connectivity index (χ3v) is 5.14. The number of carbonyl (C=O) groups excluding carboxylic acids is 2. The van der Waals surface area contributed by atoms with E-state index in [0.717, 1.165) is 4.90 Å². The van der Waals surface area contributed by atoms with Crippen molar-refractivity contribution in [1.82, 2.24) is 9.88 Å². The van der Waals surface area contributed by atoms with Crippen LogP contribution >= 0.6 is 23.4 Å². The Labute approximate surface area is 167 Å². The predicted molar refractivity (Wildman–Crippen MR) is 103 cm³/mol. The number of hydrogen-bond acceptors (Lipinski definition) is 6. The Morgan fingerprint density at radius 3 is 2.78 bits per heavy atom. The summed E-state index contributed by atoms with van der Waals surface area (Å²) in [5.41, 5.74) is 0.252. The molecule has 0 aliphatic heterocycles. The molecule has 0 unspecified atom stereocenters. The van der Waals surface area contributed by atoms with Crippen molar-refractivity contribution in [2.24, 2.45) is 0 Å². The highest BCUT2D eigenvalue weighted by atomic mass is 35.5. The fourth-order valence-electron chi connectivity index (χ4n) is 2.17. The van der Waals surface area contributed by atoms with Gasteiger partial charge >= 0.3 is 5.97 Å². The molecule has 1 aromatic heterocycles. The molecule has 0 bridgehead atoms. The summed E-state index contributed by atoms with van der Waals surface area (Å²) in [4.78, 5) is 31.2. The second-order valence-electron chi connectivity index (χ2n) is 5.60. The maximum atomic E-state index is 12.6. The van der Waals surface area contributed by atoms with Gasteiger partial charge in [0.05, 0.1) is 23.1 Å². The number of benzene rings is 1. The summed E-state index contributed by atoms with van der Waals surface area (Å²) in [6.07, 6.45) is 0.809. The van der Waals surface area contributed by atoms with Gasteiger partial charge in [0, 0.05) is 24.7 Å². The maximum absolute atomic E-state index is 12.6. The first-order valence-electron chi connectivity index (χ1n) is 8.14. The van der Waals surface area contributed by atoms with Crippen LogP contribution < -0.4 is 0 Å². The minimum absolute atomic E-state index is 0.212. The van der Waals surface area contributed by atoms with E-state index in [0.29, 0.717) is 10.0 Å². The summed E-state index contributed by atoms with van der Waals surface area (Å²) in [6.45, 7) is 1.78. The smallest absolute Gasteiger partial charge is 0.341 e. The summed E-state index contributed by atoms with van der Waals surface area (Å²) < 4.78 is 5.31. The van der Waals surface area contributed by atoms with E-state index in [1.165, 1.54) is 23.6 Å². The monoisotopic (exact) mass is 403 g/mol. The highest BCUT2D eigenvalue weighted by molar-refractivity contribution is 7.99. The van der Waals surface area contributed by atoms with Crippen molar-refractivity contribution in [1.29, 1.82) is 5.26 Å². The zero-order chi connectivity index (χ0) is 19.8. The van der Waals surface area contributed by atoms with Crippen LogP contribution in [0.15, 0.2) is 52.5 Å². The average Bonchev–Trinajstić information content (AvgIpc) is 2.67. The lowest BCUT2D eigenvalue weighted by Gasteiger charge is -2.20. The van der Waals surface area contributed by atoms with Gasteiger partial charge in [0.2, 0.25) is 0 Å². The SMILES string of the molecule is C[C@@H](OC(=O)c1cccnc1Sc1ccccc1Cl)C(=O)N(C)CCC#N. The number of rotatable bonds is 7. The lowest BCUT2D eigenvalue weighted by atomic mass is 10.3. The number of amides is 1. The van der Waals surface area contributed by atoms with Gasteiger partial charge in [0.15, 0.2) is 6.10 Å². The van der Waals surface area contributed by atoms with Gasteiger partial charge in [-0.2, -0.15) is 5.26 Å². The second-order valence-corrected chi connectivity index (χ2v) is 7.04. The molecular weight excluding hydrogens is 386 g/mol. The first-order chi connectivity index (χ1) is 12.9. The molecule has 1 heterocycles. The van der Waals surface area contributed by atoms with E-state index in [9.17, 15) is 9.59 Å². The molecule has 27 heavy (non-hydrogen) atoms. The predicted octanol–water partition coefficient (Wildman–Crippen LogP) is 3.80. The van der Waals surface area contributed by atoms with Crippen LogP contribution in [-0.2, 0) is 9.53 Å². The summed E-state index contributed by atoms with van der Waals surface area (Å²) in [6, 6.07) is 12.4. The zero-order valence-corrected chi connectivity index (χ0v) is 16.5. The number of likely N-dealkylation sites (N-methyl/N-ethyl adjacent to an activating group) is 1. The molecule has 6 nitrogen and oxygen atoms in total. The molecule has 140 valence electrons. The molecule has 1 aromatic carbocycles. The average molecular weight is 404 g/mol. The first-order valence-corrected chi connectivity index (χ1v) is 9.33. The van der Waals surface area contributed by atoms with Gasteiger partial charge in [-0.25, -0.2) is 9.78 Å². The molecule has 1 atom stereocenters. The molecule has 1 amide bonds. The Kier molecular flexibility index (Phi) is 7.65. The highest BCUT2D eigenvalue weighted by Gasteiger charge is 2.24. The number of pyridine rings is 1. The van der Waals surface area contributed by atoms with Crippen molar-refractivity contribution in [3.05, 3.63) is 53.2 Å². The summed E-state index contributed by atoms with van der Waals surface area (Å²) in [7, 11) is 1.56. The number of aromatic nitrogens is 1. The van der Waals surface area contributed by atoms with Crippen molar-refractivity contribution in [3.8, 4) is 6.07 Å². The molecule has 0 aliphatic rings. The normalized spacial score (nSPS) is 11.3. The van der Waals surface area contributed by atoms with Crippen LogP contribution in [-0.4, -0.2) is 41.5 Å². The molecule has 0 saturated heterocycles. The lowest BCUT2D eigenvalue weighted by molar-refractivity contribution is -0.138. The third kappa shape index (κ3) is 5.71. The molecule has 2 rings (SSSR count). The second kappa shape index (κ2) is 9.95. The van der Waals surface area contributed by atoms with Crippen molar-refractivity contribution in [2.45, 2.75) is 29.4 Å². The summed E-state index contributed by atoms with van der Waals surface area (Å²) >= 11 is 7.42. The number of halogens is 1. The standard InChI is InChI=1S/C19H18ClN3O3S/c1-13(18(24)23(2)12-6-10-21)26-19(25)14-7-5-11-22-17(14)27-16-9-4-3-8-15(16)20/h3-5,7-9,11,13H,6,12H2,1-2H3/t13-/m1/s1. The van der Waals surface area contributed by atoms with Crippen molar-refractivity contribution >= 4 is 35.2 Å². The molecule has 0 aliphatic carbocycles. The van der Waals surface area contributed by atoms with Gasteiger partial charge in [-0.15, -0.1) is 0 Å². The van der Waals surface area contributed by atoms with Gasteiger partial charge in [-0.3, -0.25) is 4.79 Å². The van der Waals surface area contributed by atoms with Crippen molar-refractivity contribution in [2.75, 3.05) is 13.6 Å². The fraction of sp³-hybridized carbons (Fsp3) is 0.263. The number of ether oxygens (including phenoxy) is 1. The van der Waals surface area contributed by atoms with E-state index in [1.54, 1.807) is 31.4 Å². The number of nitriles is 1. The molecule has 0 radical (unpaired) electrons. The Balaban J connectivity index is 2.12. The number of hydrogen-bond donors (Lipinski definition) is 0. The minimum atomic E-state index is -0.973. The van der Waals surface area contributed by atoms with E-state index < -0.39 is 12.1 Å².